The molecule has 8 nitrogen and oxygen atoms in total. The molecule has 10 heteroatoms. The van der Waals surface area contributed by atoms with Crippen molar-refractivity contribution in [2.24, 2.45) is 0 Å². The molecular formula is C25H25ClN4O4S. The van der Waals surface area contributed by atoms with Crippen LogP contribution in [-0.2, 0) is 16.0 Å². The average molecular weight is 513 g/mol. The second kappa shape index (κ2) is 11.8. The molecule has 0 spiro atoms. The Morgan fingerprint density at radius 3 is 2.49 bits per heavy atom. The first-order valence-electron chi connectivity index (χ1n) is 11.2. The maximum atomic E-state index is 12.7. The van der Waals surface area contributed by atoms with Crippen molar-refractivity contribution in [3.63, 3.8) is 0 Å². The number of nitrogens with one attached hydrogen (secondary N) is 2. The first-order chi connectivity index (χ1) is 17.0. The first-order valence-corrected chi connectivity index (χ1v) is 12.5. The van der Waals surface area contributed by atoms with E-state index in [2.05, 4.69) is 15.8 Å². The standard InChI is InChI=1S/C25H25ClN4O4S/c26-20-9-5-4-6-18(20)14-23(32)30-12-10-17(11-13-30)25-27-21(16-35-25)24(33)29-28-22(31)15-34-19-7-2-1-3-8-19/h1-9,16-17H,10-15H2,(H,28,31)(H,29,33). The van der Waals surface area contributed by atoms with E-state index < -0.39 is 11.8 Å². The lowest BCUT2D eigenvalue weighted by atomic mass is 9.97. The van der Waals surface area contributed by atoms with Gasteiger partial charge in [-0.2, -0.15) is 0 Å². The van der Waals surface area contributed by atoms with Gasteiger partial charge in [-0.15, -0.1) is 11.3 Å². The topological polar surface area (TPSA) is 101 Å². The number of nitrogens with zero attached hydrogens (tertiary/aromatic N) is 2. The largest absolute Gasteiger partial charge is 0.484 e. The molecule has 3 aromatic rings. The molecule has 0 unspecified atom stereocenters. The number of aromatic nitrogens is 1. The highest BCUT2D eigenvalue weighted by atomic mass is 35.5. The van der Waals surface area contributed by atoms with Gasteiger partial charge in [0.05, 0.1) is 11.4 Å². The molecule has 1 saturated heterocycles. The van der Waals surface area contributed by atoms with Gasteiger partial charge in [0.1, 0.15) is 11.4 Å². The third kappa shape index (κ3) is 6.80. The number of ether oxygens (including phenoxy) is 1. The number of hydrazine groups is 1. The minimum absolute atomic E-state index is 0.0581. The Labute approximate surface area is 212 Å². The predicted octanol–water partition coefficient (Wildman–Crippen LogP) is 3.59. The summed E-state index contributed by atoms with van der Waals surface area (Å²) in [5.41, 5.74) is 5.76. The highest BCUT2D eigenvalue weighted by molar-refractivity contribution is 7.09. The first kappa shape index (κ1) is 24.7. The van der Waals surface area contributed by atoms with Crippen LogP contribution in [-0.4, -0.2) is 47.3 Å². The number of hydrogen-bond acceptors (Lipinski definition) is 6. The summed E-state index contributed by atoms with van der Waals surface area (Å²) in [5.74, 6) is -0.170. The van der Waals surface area contributed by atoms with Gasteiger partial charge >= 0.3 is 0 Å². The van der Waals surface area contributed by atoms with Crippen molar-refractivity contribution in [2.75, 3.05) is 19.7 Å². The van der Waals surface area contributed by atoms with Crippen molar-refractivity contribution < 1.29 is 19.1 Å². The van der Waals surface area contributed by atoms with E-state index in [1.807, 2.05) is 29.2 Å². The van der Waals surface area contributed by atoms with Crippen molar-refractivity contribution in [1.29, 1.82) is 0 Å². The van der Waals surface area contributed by atoms with Gasteiger partial charge in [-0.1, -0.05) is 48.0 Å². The van der Waals surface area contributed by atoms with E-state index in [0.717, 1.165) is 23.4 Å². The van der Waals surface area contributed by atoms with E-state index in [1.165, 1.54) is 11.3 Å². The molecule has 0 aliphatic carbocycles. The molecule has 1 aromatic heterocycles. The molecular weight excluding hydrogens is 488 g/mol. The molecule has 0 saturated carbocycles. The van der Waals surface area contributed by atoms with Crippen LogP contribution in [0, 0.1) is 0 Å². The quantitative estimate of drug-likeness (QED) is 0.471. The van der Waals surface area contributed by atoms with Crippen LogP contribution in [0.2, 0.25) is 5.02 Å². The van der Waals surface area contributed by atoms with E-state index in [1.54, 1.807) is 35.7 Å². The highest BCUT2D eigenvalue weighted by Crippen LogP contribution is 2.30. The molecule has 1 aliphatic rings. The molecule has 0 atom stereocenters. The Hall–Kier alpha value is -3.43. The number of rotatable bonds is 7. The summed E-state index contributed by atoms with van der Waals surface area (Å²) in [6, 6.07) is 16.3. The van der Waals surface area contributed by atoms with Crippen molar-refractivity contribution >= 4 is 40.7 Å². The van der Waals surface area contributed by atoms with Crippen LogP contribution in [0.15, 0.2) is 60.0 Å². The van der Waals surface area contributed by atoms with E-state index in [9.17, 15) is 14.4 Å². The summed E-state index contributed by atoms with van der Waals surface area (Å²) in [5, 5.41) is 3.13. The number of thiazole rings is 1. The van der Waals surface area contributed by atoms with Gasteiger partial charge in [-0.3, -0.25) is 25.2 Å². The fourth-order valence-electron chi connectivity index (χ4n) is 3.76. The van der Waals surface area contributed by atoms with E-state index in [-0.39, 0.29) is 30.5 Å². The monoisotopic (exact) mass is 512 g/mol. The summed E-state index contributed by atoms with van der Waals surface area (Å²) < 4.78 is 5.34. The highest BCUT2D eigenvalue weighted by Gasteiger charge is 2.26. The van der Waals surface area contributed by atoms with Crippen LogP contribution in [0.25, 0.3) is 0 Å². The van der Waals surface area contributed by atoms with Crippen LogP contribution in [0.3, 0.4) is 0 Å². The van der Waals surface area contributed by atoms with Gasteiger partial charge in [0.2, 0.25) is 5.91 Å². The Morgan fingerprint density at radius 2 is 1.74 bits per heavy atom. The maximum Gasteiger partial charge on any atom is 0.289 e. The van der Waals surface area contributed by atoms with Gasteiger partial charge in [0.15, 0.2) is 6.61 Å². The Balaban J connectivity index is 1.21. The lowest BCUT2D eigenvalue weighted by molar-refractivity contribution is -0.131. The van der Waals surface area contributed by atoms with Gasteiger partial charge in [0, 0.05) is 29.4 Å². The number of piperidine rings is 1. The zero-order valence-electron chi connectivity index (χ0n) is 18.9. The SMILES string of the molecule is O=C(COc1ccccc1)NNC(=O)c1csc(C2CCN(C(=O)Cc3ccccc3Cl)CC2)n1. The van der Waals surface area contributed by atoms with Gasteiger partial charge in [0.25, 0.3) is 11.8 Å². The van der Waals surface area contributed by atoms with Crippen LogP contribution in [0.5, 0.6) is 5.75 Å². The number of carbonyl (C=O) groups is 3. The summed E-state index contributed by atoms with van der Waals surface area (Å²) in [6.07, 6.45) is 1.83. The second-order valence-electron chi connectivity index (χ2n) is 8.10. The number of halogens is 1. The van der Waals surface area contributed by atoms with Gasteiger partial charge in [-0.25, -0.2) is 4.98 Å². The lowest BCUT2D eigenvalue weighted by Gasteiger charge is -2.31. The number of hydrogen-bond donors (Lipinski definition) is 2. The molecule has 2 N–H and O–H groups in total. The Kier molecular flexibility index (Phi) is 8.33. The number of carbonyl (C=O) groups excluding carboxylic acids is 3. The third-order valence-corrected chi connectivity index (χ3v) is 7.06. The molecule has 1 fully saturated rings. The van der Waals surface area contributed by atoms with Crippen molar-refractivity contribution in [1.82, 2.24) is 20.7 Å². The molecule has 2 heterocycles. The third-order valence-electron chi connectivity index (χ3n) is 5.68. The second-order valence-corrected chi connectivity index (χ2v) is 9.40. The maximum absolute atomic E-state index is 12.7. The molecule has 182 valence electrons. The van der Waals surface area contributed by atoms with E-state index in [4.69, 9.17) is 16.3 Å². The number of amides is 3. The minimum Gasteiger partial charge on any atom is -0.484 e. The number of para-hydroxylation sites is 1. The summed E-state index contributed by atoms with van der Waals surface area (Å²) in [6.45, 7) is 1.04. The fourth-order valence-corrected chi connectivity index (χ4v) is 4.94. The van der Waals surface area contributed by atoms with Crippen molar-refractivity contribution in [3.05, 3.63) is 81.3 Å². The molecule has 1 aliphatic heterocycles. The van der Waals surface area contributed by atoms with Crippen molar-refractivity contribution in [3.8, 4) is 5.75 Å². The minimum atomic E-state index is -0.493. The van der Waals surface area contributed by atoms with E-state index in [0.29, 0.717) is 23.9 Å². The molecule has 0 bridgehead atoms. The lowest BCUT2D eigenvalue weighted by Crippen LogP contribution is -2.44. The zero-order valence-corrected chi connectivity index (χ0v) is 20.5. The smallest absolute Gasteiger partial charge is 0.289 e. The fraction of sp³-hybridized carbons (Fsp3) is 0.280. The average Bonchev–Trinajstić information content (AvgIpc) is 3.38. The van der Waals surface area contributed by atoms with Gasteiger partial charge in [-0.05, 0) is 36.6 Å². The number of likely N-dealkylation sites (tertiary alicyclic amines) is 1. The molecule has 35 heavy (non-hydrogen) atoms. The van der Waals surface area contributed by atoms with Crippen molar-refractivity contribution in [2.45, 2.75) is 25.2 Å². The Bertz CT molecular complexity index is 1180. The predicted molar refractivity (Wildman–Crippen MR) is 133 cm³/mol. The number of benzene rings is 2. The van der Waals surface area contributed by atoms with Gasteiger partial charge < -0.3 is 9.64 Å². The summed E-state index contributed by atoms with van der Waals surface area (Å²) in [4.78, 5) is 43.3. The molecule has 2 aromatic carbocycles. The Morgan fingerprint density at radius 1 is 1.03 bits per heavy atom. The van der Waals surface area contributed by atoms with Crippen LogP contribution in [0.1, 0.15) is 39.8 Å². The van der Waals surface area contributed by atoms with Crippen LogP contribution >= 0.6 is 22.9 Å². The zero-order chi connectivity index (χ0) is 24.6. The molecule has 0 radical (unpaired) electrons. The van der Waals surface area contributed by atoms with E-state index >= 15 is 0 Å². The molecule has 4 rings (SSSR count). The van der Waals surface area contributed by atoms with Crippen LogP contribution < -0.4 is 15.6 Å². The normalized spacial score (nSPS) is 13.8. The summed E-state index contributed by atoms with van der Waals surface area (Å²) in [7, 11) is 0. The molecule has 3 amide bonds. The summed E-state index contributed by atoms with van der Waals surface area (Å²) >= 11 is 7.59. The van der Waals surface area contributed by atoms with Crippen LogP contribution in [0.4, 0.5) is 0 Å².